The number of H-pyrrole nitrogens is 1. The highest BCUT2D eigenvalue weighted by Gasteiger charge is 2.15. The lowest BCUT2D eigenvalue weighted by Gasteiger charge is -2.13. The van der Waals surface area contributed by atoms with Crippen molar-refractivity contribution >= 4 is 17.2 Å². The first-order valence-electron chi connectivity index (χ1n) is 7.14. The number of rotatable bonds is 4. The number of amides is 1. The number of aromatic amines is 1. The number of hydrogen-bond acceptors (Lipinski definition) is 4. The summed E-state index contributed by atoms with van der Waals surface area (Å²) in [5.74, 6) is -0.415. The molecule has 6 heteroatoms. The summed E-state index contributed by atoms with van der Waals surface area (Å²) in [4.78, 5) is 32.4. The zero-order chi connectivity index (χ0) is 16.2. The molecule has 0 fully saturated rings. The maximum absolute atomic E-state index is 12.3. The van der Waals surface area contributed by atoms with Gasteiger partial charge in [-0.25, -0.2) is 0 Å². The molecule has 3 heterocycles. The summed E-state index contributed by atoms with van der Waals surface area (Å²) in [6.07, 6.45) is 1.67. The normalized spacial score (nSPS) is 11.9. The molecule has 0 aromatic carbocycles. The maximum Gasteiger partial charge on any atom is 0.261 e. The predicted octanol–water partition coefficient (Wildman–Crippen LogP) is 2.99. The van der Waals surface area contributed by atoms with E-state index in [9.17, 15) is 9.59 Å². The minimum absolute atomic E-state index is 0.0908. The Morgan fingerprint density at radius 1 is 1.22 bits per heavy atom. The molecule has 0 bridgehead atoms. The SMILES string of the molecule is C[C@@H](NC(=O)c1ccc(-c2cccs2)[nH]c1=O)c1ccccn1. The number of hydrogen-bond donors (Lipinski definition) is 2. The highest BCUT2D eigenvalue weighted by Crippen LogP contribution is 2.21. The third-order valence-corrected chi connectivity index (χ3v) is 4.32. The first kappa shape index (κ1) is 15.2. The van der Waals surface area contributed by atoms with Gasteiger partial charge in [-0.2, -0.15) is 0 Å². The third-order valence-electron chi connectivity index (χ3n) is 3.42. The van der Waals surface area contributed by atoms with Gasteiger partial charge < -0.3 is 10.3 Å². The molecule has 0 aliphatic rings. The average Bonchev–Trinajstić information content (AvgIpc) is 3.10. The highest BCUT2D eigenvalue weighted by molar-refractivity contribution is 7.13. The molecule has 1 amide bonds. The van der Waals surface area contributed by atoms with Crippen LogP contribution in [-0.4, -0.2) is 15.9 Å². The van der Waals surface area contributed by atoms with E-state index >= 15 is 0 Å². The summed E-state index contributed by atoms with van der Waals surface area (Å²) in [6, 6.07) is 12.3. The van der Waals surface area contributed by atoms with Crippen molar-refractivity contribution in [3.63, 3.8) is 0 Å². The molecule has 3 aromatic rings. The second-order valence-electron chi connectivity index (χ2n) is 5.04. The molecular formula is C17H15N3O2S. The van der Waals surface area contributed by atoms with E-state index in [1.54, 1.807) is 18.3 Å². The molecule has 5 nitrogen and oxygen atoms in total. The number of pyridine rings is 2. The van der Waals surface area contributed by atoms with Crippen LogP contribution in [0.5, 0.6) is 0 Å². The van der Waals surface area contributed by atoms with Gasteiger partial charge in [0.25, 0.3) is 11.5 Å². The Balaban J connectivity index is 1.79. The number of nitrogens with zero attached hydrogens (tertiary/aromatic N) is 1. The van der Waals surface area contributed by atoms with Gasteiger partial charge in [0.05, 0.1) is 22.3 Å². The Bertz CT molecular complexity index is 857. The van der Waals surface area contributed by atoms with Crippen LogP contribution in [0.15, 0.2) is 58.8 Å². The van der Waals surface area contributed by atoms with Crippen molar-refractivity contribution in [2.75, 3.05) is 0 Å². The molecular weight excluding hydrogens is 310 g/mol. The summed E-state index contributed by atoms with van der Waals surface area (Å²) in [5.41, 5.74) is 1.14. The predicted molar refractivity (Wildman–Crippen MR) is 90.5 cm³/mol. The molecule has 0 unspecified atom stereocenters. The number of carbonyl (C=O) groups is 1. The van der Waals surface area contributed by atoms with Crippen molar-refractivity contribution in [1.29, 1.82) is 0 Å². The molecule has 0 saturated heterocycles. The van der Waals surface area contributed by atoms with Crippen LogP contribution >= 0.6 is 11.3 Å². The van der Waals surface area contributed by atoms with Crippen LogP contribution in [-0.2, 0) is 0 Å². The van der Waals surface area contributed by atoms with Crippen LogP contribution in [0.25, 0.3) is 10.6 Å². The van der Waals surface area contributed by atoms with E-state index in [4.69, 9.17) is 0 Å². The van der Waals surface area contributed by atoms with Crippen LogP contribution in [0, 0.1) is 0 Å². The Hall–Kier alpha value is -2.73. The van der Waals surface area contributed by atoms with Gasteiger partial charge in [0.2, 0.25) is 0 Å². The highest BCUT2D eigenvalue weighted by atomic mass is 32.1. The molecule has 23 heavy (non-hydrogen) atoms. The average molecular weight is 325 g/mol. The Morgan fingerprint density at radius 3 is 2.74 bits per heavy atom. The van der Waals surface area contributed by atoms with Crippen molar-refractivity contribution in [1.82, 2.24) is 15.3 Å². The van der Waals surface area contributed by atoms with E-state index in [1.165, 1.54) is 11.3 Å². The van der Waals surface area contributed by atoms with Gasteiger partial charge in [0.15, 0.2) is 0 Å². The first-order valence-corrected chi connectivity index (χ1v) is 8.02. The van der Waals surface area contributed by atoms with Crippen LogP contribution in [0.4, 0.5) is 0 Å². The quantitative estimate of drug-likeness (QED) is 0.774. The number of thiophene rings is 1. The minimum atomic E-state index is -0.415. The van der Waals surface area contributed by atoms with Crippen molar-refractivity contribution in [2.24, 2.45) is 0 Å². The molecule has 0 spiro atoms. The summed E-state index contributed by atoms with van der Waals surface area (Å²) in [7, 11) is 0. The number of nitrogens with one attached hydrogen (secondary N) is 2. The summed E-state index contributed by atoms with van der Waals surface area (Å²) < 4.78 is 0. The second kappa shape index (κ2) is 6.58. The molecule has 0 radical (unpaired) electrons. The van der Waals surface area contributed by atoms with Crippen LogP contribution in [0.1, 0.15) is 29.0 Å². The van der Waals surface area contributed by atoms with E-state index in [-0.39, 0.29) is 11.6 Å². The standard InChI is InChI=1S/C17H15N3O2S/c1-11(13-5-2-3-9-18-13)19-16(21)12-7-8-14(20-17(12)22)15-6-4-10-23-15/h2-11H,1H3,(H,19,21)(H,20,22)/t11-/m1/s1. The Kier molecular flexibility index (Phi) is 4.34. The van der Waals surface area contributed by atoms with E-state index in [2.05, 4.69) is 15.3 Å². The molecule has 116 valence electrons. The zero-order valence-corrected chi connectivity index (χ0v) is 13.3. The largest absolute Gasteiger partial charge is 0.344 e. The number of aromatic nitrogens is 2. The van der Waals surface area contributed by atoms with Crippen molar-refractivity contribution in [3.05, 3.63) is 75.7 Å². The molecule has 0 aliphatic heterocycles. The topological polar surface area (TPSA) is 74.8 Å². The maximum atomic E-state index is 12.3. The molecule has 3 aromatic heterocycles. The van der Waals surface area contributed by atoms with Gasteiger partial charge in [-0.3, -0.25) is 14.6 Å². The van der Waals surface area contributed by atoms with E-state index in [0.29, 0.717) is 5.69 Å². The zero-order valence-electron chi connectivity index (χ0n) is 12.4. The van der Waals surface area contributed by atoms with E-state index < -0.39 is 11.5 Å². The third kappa shape index (κ3) is 3.37. The molecule has 2 N–H and O–H groups in total. The monoisotopic (exact) mass is 325 g/mol. The van der Waals surface area contributed by atoms with Crippen LogP contribution in [0.2, 0.25) is 0 Å². The molecule has 0 saturated carbocycles. The van der Waals surface area contributed by atoms with Crippen LogP contribution in [0.3, 0.4) is 0 Å². The lowest BCUT2D eigenvalue weighted by Crippen LogP contribution is -2.31. The lowest BCUT2D eigenvalue weighted by molar-refractivity contribution is 0.0937. The van der Waals surface area contributed by atoms with Gasteiger partial charge in [-0.05, 0) is 42.6 Å². The van der Waals surface area contributed by atoms with Crippen molar-refractivity contribution < 1.29 is 4.79 Å². The van der Waals surface area contributed by atoms with E-state index in [1.807, 2.05) is 42.6 Å². The molecule has 1 atom stereocenters. The van der Waals surface area contributed by atoms with Gasteiger partial charge >= 0.3 is 0 Å². The van der Waals surface area contributed by atoms with Crippen molar-refractivity contribution in [3.8, 4) is 10.6 Å². The van der Waals surface area contributed by atoms with Gasteiger partial charge in [-0.1, -0.05) is 12.1 Å². The fourth-order valence-electron chi connectivity index (χ4n) is 2.21. The lowest BCUT2D eigenvalue weighted by atomic mass is 10.1. The molecule has 3 rings (SSSR count). The second-order valence-corrected chi connectivity index (χ2v) is 5.99. The Morgan fingerprint density at radius 2 is 2.09 bits per heavy atom. The molecule has 0 aliphatic carbocycles. The van der Waals surface area contributed by atoms with Crippen molar-refractivity contribution in [2.45, 2.75) is 13.0 Å². The Labute approximate surface area is 137 Å². The summed E-state index contributed by atoms with van der Waals surface area (Å²) in [5, 5.41) is 4.72. The van der Waals surface area contributed by atoms with E-state index in [0.717, 1.165) is 10.6 Å². The summed E-state index contributed by atoms with van der Waals surface area (Å²) >= 11 is 1.53. The van der Waals surface area contributed by atoms with Gasteiger partial charge in [0, 0.05) is 6.20 Å². The summed E-state index contributed by atoms with van der Waals surface area (Å²) in [6.45, 7) is 1.83. The minimum Gasteiger partial charge on any atom is -0.344 e. The first-order chi connectivity index (χ1) is 11.1. The number of carbonyl (C=O) groups excluding carboxylic acids is 1. The fourth-order valence-corrected chi connectivity index (χ4v) is 2.92. The fraction of sp³-hybridized carbons (Fsp3) is 0.118. The van der Waals surface area contributed by atoms with Crippen LogP contribution < -0.4 is 10.9 Å². The van der Waals surface area contributed by atoms with Gasteiger partial charge in [0.1, 0.15) is 5.56 Å². The van der Waals surface area contributed by atoms with Gasteiger partial charge in [-0.15, -0.1) is 11.3 Å². The smallest absolute Gasteiger partial charge is 0.261 e.